The number of thioether (sulfide) groups is 1. The van der Waals surface area contributed by atoms with Crippen molar-refractivity contribution in [3.63, 3.8) is 0 Å². The third kappa shape index (κ3) is 4.79. The van der Waals surface area contributed by atoms with E-state index in [4.69, 9.17) is 4.74 Å². The number of carbonyl (C=O) groups is 1. The molecule has 3 nitrogen and oxygen atoms in total. The molecule has 0 saturated carbocycles. The van der Waals surface area contributed by atoms with Crippen LogP contribution in [0.5, 0.6) is 0 Å². The highest BCUT2D eigenvalue weighted by atomic mass is 32.2. The molecule has 0 aliphatic carbocycles. The molecule has 0 amide bonds. The van der Waals surface area contributed by atoms with E-state index in [0.717, 1.165) is 36.7 Å². The van der Waals surface area contributed by atoms with Crippen LogP contribution in [0.4, 0.5) is 4.39 Å². The summed E-state index contributed by atoms with van der Waals surface area (Å²) in [6.45, 7) is 2.84. The Morgan fingerprint density at radius 2 is 2.07 bits per heavy atom. The Morgan fingerprint density at radius 3 is 2.83 bits per heavy atom. The van der Waals surface area contributed by atoms with Gasteiger partial charge in [-0.05, 0) is 66.1 Å². The van der Waals surface area contributed by atoms with E-state index >= 15 is 0 Å². The van der Waals surface area contributed by atoms with E-state index in [1.54, 1.807) is 11.8 Å². The third-order valence-electron chi connectivity index (χ3n) is 5.99. The van der Waals surface area contributed by atoms with Crippen molar-refractivity contribution in [3.05, 3.63) is 70.8 Å². The van der Waals surface area contributed by atoms with Crippen LogP contribution in [0, 0.1) is 5.92 Å². The summed E-state index contributed by atoms with van der Waals surface area (Å²) in [5.41, 5.74) is 5.57. The number of ether oxygens (including phenoxy) is 1. The van der Waals surface area contributed by atoms with Gasteiger partial charge in [0.05, 0.1) is 19.3 Å². The van der Waals surface area contributed by atoms with Crippen molar-refractivity contribution in [1.29, 1.82) is 0 Å². The molecule has 2 aromatic carbocycles. The topological polar surface area (TPSA) is 29.5 Å². The van der Waals surface area contributed by atoms with E-state index in [-0.39, 0.29) is 12.6 Å². The molecule has 1 fully saturated rings. The molecule has 2 aliphatic heterocycles. The normalized spacial score (nSPS) is 18.7. The minimum absolute atomic E-state index is 0.218. The lowest BCUT2D eigenvalue weighted by Gasteiger charge is -2.19. The number of halogens is 1. The van der Waals surface area contributed by atoms with Gasteiger partial charge in [-0.1, -0.05) is 36.4 Å². The SMILES string of the molecule is COC(=O)c1ccc2c(c1)SCC=C2c1ccc(CC2CCN(CCCF)C2)cc1. The van der Waals surface area contributed by atoms with Gasteiger partial charge < -0.3 is 9.64 Å². The van der Waals surface area contributed by atoms with Gasteiger partial charge in [-0.2, -0.15) is 0 Å². The zero-order chi connectivity index (χ0) is 20.9. The van der Waals surface area contributed by atoms with Crippen LogP contribution in [-0.2, 0) is 11.2 Å². The standard InChI is InChI=1S/C25H28FNO2S/c1-29-25(28)21-7-8-23-22(10-14-30-24(23)16-21)20-5-3-18(4-6-20)15-19-9-13-27(17-19)12-2-11-26/h3-8,10,16,19H,2,9,11-15,17H2,1H3. The first-order valence-corrected chi connectivity index (χ1v) is 11.6. The number of fused-ring (bicyclic) bond motifs is 1. The summed E-state index contributed by atoms with van der Waals surface area (Å²) in [5, 5.41) is 0. The van der Waals surface area contributed by atoms with Crippen LogP contribution in [0.25, 0.3) is 5.57 Å². The molecule has 0 radical (unpaired) electrons. The Bertz CT molecular complexity index is 925. The average molecular weight is 426 g/mol. The molecule has 0 bridgehead atoms. The molecule has 5 heteroatoms. The van der Waals surface area contributed by atoms with Crippen LogP contribution in [0.3, 0.4) is 0 Å². The maximum Gasteiger partial charge on any atom is 0.337 e. The third-order valence-corrected chi connectivity index (χ3v) is 6.97. The Kier molecular flexibility index (Phi) is 6.90. The Morgan fingerprint density at radius 1 is 1.23 bits per heavy atom. The Balaban J connectivity index is 1.44. The molecule has 2 heterocycles. The molecule has 0 N–H and O–H groups in total. The molecule has 30 heavy (non-hydrogen) atoms. The second-order valence-electron chi connectivity index (χ2n) is 8.03. The lowest BCUT2D eigenvalue weighted by molar-refractivity contribution is 0.0600. The van der Waals surface area contributed by atoms with Crippen LogP contribution < -0.4 is 0 Å². The smallest absolute Gasteiger partial charge is 0.337 e. The van der Waals surface area contributed by atoms with Gasteiger partial charge in [0.25, 0.3) is 0 Å². The monoisotopic (exact) mass is 425 g/mol. The summed E-state index contributed by atoms with van der Waals surface area (Å²) < 4.78 is 17.2. The lowest BCUT2D eigenvalue weighted by atomic mass is 9.93. The molecule has 2 aromatic rings. The predicted octanol–water partition coefficient (Wildman–Crippen LogP) is 5.23. The minimum atomic E-state index is -0.297. The summed E-state index contributed by atoms with van der Waals surface area (Å²) in [5.74, 6) is 1.26. The summed E-state index contributed by atoms with van der Waals surface area (Å²) in [7, 11) is 1.41. The minimum Gasteiger partial charge on any atom is -0.465 e. The van der Waals surface area contributed by atoms with E-state index < -0.39 is 0 Å². The number of carbonyl (C=O) groups excluding carboxylic acids is 1. The maximum absolute atomic E-state index is 12.4. The van der Waals surface area contributed by atoms with Gasteiger partial charge in [-0.25, -0.2) is 4.79 Å². The van der Waals surface area contributed by atoms with E-state index in [0.29, 0.717) is 17.9 Å². The zero-order valence-corrected chi connectivity index (χ0v) is 18.2. The Labute approximate surface area is 182 Å². The van der Waals surface area contributed by atoms with E-state index in [9.17, 15) is 9.18 Å². The van der Waals surface area contributed by atoms with Crippen molar-refractivity contribution in [2.75, 3.05) is 39.2 Å². The number of hydrogen-bond acceptors (Lipinski definition) is 4. The van der Waals surface area contributed by atoms with E-state index in [1.165, 1.54) is 35.8 Å². The summed E-state index contributed by atoms with van der Waals surface area (Å²) in [6, 6.07) is 14.7. The van der Waals surface area contributed by atoms with Gasteiger partial charge in [0.1, 0.15) is 0 Å². The highest BCUT2D eigenvalue weighted by Crippen LogP contribution is 2.37. The number of benzene rings is 2. The highest BCUT2D eigenvalue weighted by Gasteiger charge is 2.22. The van der Waals surface area contributed by atoms with Crippen molar-refractivity contribution in [3.8, 4) is 0 Å². The molecule has 4 rings (SSSR count). The van der Waals surface area contributed by atoms with Crippen molar-refractivity contribution < 1.29 is 13.9 Å². The van der Waals surface area contributed by atoms with Crippen LogP contribution in [-0.4, -0.2) is 50.0 Å². The summed E-state index contributed by atoms with van der Waals surface area (Å²) >= 11 is 1.75. The van der Waals surface area contributed by atoms with Crippen LogP contribution in [0.1, 0.15) is 39.9 Å². The summed E-state index contributed by atoms with van der Waals surface area (Å²) in [6.07, 6.45) is 5.20. The van der Waals surface area contributed by atoms with E-state index in [1.807, 2.05) is 18.2 Å². The average Bonchev–Trinajstić information content (AvgIpc) is 3.24. The predicted molar refractivity (Wildman–Crippen MR) is 121 cm³/mol. The zero-order valence-electron chi connectivity index (χ0n) is 17.4. The van der Waals surface area contributed by atoms with Crippen LogP contribution >= 0.6 is 11.8 Å². The van der Waals surface area contributed by atoms with Crippen LogP contribution in [0.15, 0.2) is 53.4 Å². The molecule has 158 valence electrons. The van der Waals surface area contributed by atoms with Gasteiger partial charge >= 0.3 is 5.97 Å². The molecular weight excluding hydrogens is 397 g/mol. The molecule has 0 aromatic heterocycles. The number of nitrogens with zero attached hydrogens (tertiary/aromatic N) is 1. The second kappa shape index (κ2) is 9.80. The lowest BCUT2D eigenvalue weighted by Crippen LogP contribution is -2.22. The number of rotatable bonds is 7. The first-order chi connectivity index (χ1) is 14.7. The number of methoxy groups -OCH3 is 1. The quantitative estimate of drug-likeness (QED) is 0.568. The number of likely N-dealkylation sites (tertiary alicyclic amines) is 1. The molecule has 1 unspecified atom stereocenters. The second-order valence-corrected chi connectivity index (χ2v) is 9.09. The first-order valence-electron chi connectivity index (χ1n) is 10.6. The van der Waals surface area contributed by atoms with Gasteiger partial charge in [0, 0.05) is 23.7 Å². The first kappa shape index (κ1) is 21.1. The summed E-state index contributed by atoms with van der Waals surface area (Å²) in [4.78, 5) is 15.4. The fraction of sp³-hybridized carbons (Fsp3) is 0.400. The largest absolute Gasteiger partial charge is 0.465 e. The van der Waals surface area contributed by atoms with E-state index in [2.05, 4.69) is 35.2 Å². The fourth-order valence-corrected chi connectivity index (χ4v) is 5.40. The number of hydrogen-bond donors (Lipinski definition) is 0. The number of alkyl halides is 1. The molecule has 1 saturated heterocycles. The highest BCUT2D eigenvalue weighted by molar-refractivity contribution is 7.99. The fourth-order valence-electron chi connectivity index (χ4n) is 4.43. The molecular formula is C25H28FNO2S. The van der Waals surface area contributed by atoms with Crippen molar-refractivity contribution in [2.24, 2.45) is 5.92 Å². The van der Waals surface area contributed by atoms with Gasteiger partial charge in [0.15, 0.2) is 0 Å². The number of esters is 1. The molecule has 0 spiro atoms. The van der Waals surface area contributed by atoms with Gasteiger partial charge in [0.2, 0.25) is 0 Å². The Hall–Kier alpha value is -2.11. The van der Waals surface area contributed by atoms with Crippen LogP contribution in [0.2, 0.25) is 0 Å². The van der Waals surface area contributed by atoms with Crippen molar-refractivity contribution in [2.45, 2.75) is 24.2 Å². The maximum atomic E-state index is 12.4. The van der Waals surface area contributed by atoms with Gasteiger partial charge in [-0.15, -0.1) is 11.8 Å². The molecule has 1 atom stereocenters. The van der Waals surface area contributed by atoms with Crippen molar-refractivity contribution in [1.82, 2.24) is 4.90 Å². The molecule has 2 aliphatic rings. The van der Waals surface area contributed by atoms with Crippen molar-refractivity contribution >= 4 is 23.3 Å². The van der Waals surface area contributed by atoms with Gasteiger partial charge in [-0.3, -0.25) is 4.39 Å².